The van der Waals surface area contributed by atoms with Gasteiger partial charge in [-0.15, -0.1) is 4.89 Å². The molecule has 4 nitrogen and oxygen atoms in total. The fourth-order valence-corrected chi connectivity index (χ4v) is 0.906. The Hall–Kier alpha value is 0.110. The lowest BCUT2D eigenvalue weighted by atomic mass is 10.3. The Morgan fingerprint density at radius 3 is 2.33 bits per heavy atom. The van der Waals surface area contributed by atoms with Crippen LogP contribution in [0.2, 0.25) is 0 Å². The molecule has 0 spiro atoms. The minimum Gasteiger partial charge on any atom is -0.301 e. The van der Waals surface area contributed by atoms with E-state index in [1.54, 1.807) is 13.8 Å². The van der Waals surface area contributed by atoms with Crippen molar-refractivity contribution in [3.05, 3.63) is 0 Å². The van der Waals surface area contributed by atoms with Gasteiger partial charge in [0.15, 0.2) is 0 Å². The molecule has 0 aromatic rings. The molecule has 2 atom stereocenters. The maximum atomic E-state index is 9.96. The molecule has 0 amide bonds. The summed E-state index contributed by atoms with van der Waals surface area (Å²) in [6.07, 6.45) is 0.130. The highest BCUT2D eigenvalue weighted by atomic mass is 31.2. The van der Waals surface area contributed by atoms with Gasteiger partial charge in [0, 0.05) is 0 Å². The Kier molecular flexibility index (Phi) is 3.36. The Labute approximate surface area is 54.1 Å². The summed E-state index contributed by atoms with van der Waals surface area (Å²) >= 11 is 0. The maximum Gasteiger partial charge on any atom is 0.500 e. The second kappa shape index (κ2) is 3.32. The molecule has 0 heterocycles. The van der Waals surface area contributed by atoms with E-state index in [4.69, 9.17) is 4.89 Å². The summed E-state index contributed by atoms with van der Waals surface area (Å²) in [7, 11) is -4.49. The first-order chi connectivity index (χ1) is 3.95. The number of rotatable bonds is 3. The maximum absolute atomic E-state index is 9.96. The number of hydrogen-bond acceptors (Lipinski definition) is 2. The first-order valence-corrected chi connectivity index (χ1v) is 4.17. The fraction of sp³-hybridized carbons (Fsp3) is 1.00. The average molecular weight is 153 g/mol. The molecule has 0 saturated carbocycles. The van der Waals surface area contributed by atoms with Crippen LogP contribution in [0.4, 0.5) is 0 Å². The van der Waals surface area contributed by atoms with Crippen molar-refractivity contribution in [2.75, 3.05) is 0 Å². The van der Waals surface area contributed by atoms with Crippen LogP contribution in [0.1, 0.15) is 20.3 Å². The first kappa shape index (κ1) is 9.11. The normalized spacial score (nSPS) is 15.6. The summed E-state index contributed by atoms with van der Waals surface area (Å²) in [4.78, 5) is 18.1. The SMILES string of the molecule is CCC(C)OP([O])(=O)O. The van der Waals surface area contributed by atoms with Crippen LogP contribution in [0.15, 0.2) is 0 Å². The highest BCUT2D eigenvalue weighted by Gasteiger charge is 2.19. The quantitative estimate of drug-likeness (QED) is 0.622. The Morgan fingerprint density at radius 1 is 1.78 bits per heavy atom. The van der Waals surface area contributed by atoms with Gasteiger partial charge in [-0.2, -0.15) is 0 Å². The van der Waals surface area contributed by atoms with Crippen LogP contribution in [-0.4, -0.2) is 11.0 Å². The first-order valence-electron chi connectivity index (χ1n) is 2.68. The molecular weight excluding hydrogens is 143 g/mol. The minimum atomic E-state index is -4.49. The Balaban J connectivity index is 3.60. The molecule has 0 aromatic carbocycles. The molecule has 2 unspecified atom stereocenters. The second-order valence-electron chi connectivity index (χ2n) is 1.79. The van der Waals surface area contributed by atoms with Gasteiger partial charge in [-0.1, -0.05) is 6.92 Å². The van der Waals surface area contributed by atoms with E-state index in [2.05, 4.69) is 4.52 Å². The summed E-state index contributed by atoms with van der Waals surface area (Å²) < 4.78 is 14.1. The van der Waals surface area contributed by atoms with Crippen LogP contribution in [-0.2, 0) is 14.0 Å². The predicted octanol–water partition coefficient (Wildman–Crippen LogP) is 1.33. The molecule has 0 aliphatic rings. The van der Waals surface area contributed by atoms with Crippen LogP contribution < -0.4 is 0 Å². The van der Waals surface area contributed by atoms with E-state index in [1.165, 1.54) is 0 Å². The van der Waals surface area contributed by atoms with Gasteiger partial charge in [0.25, 0.3) is 0 Å². The van der Waals surface area contributed by atoms with E-state index in [1.807, 2.05) is 0 Å². The van der Waals surface area contributed by atoms with Gasteiger partial charge >= 0.3 is 7.82 Å². The minimum absolute atomic E-state index is 0.432. The zero-order valence-corrected chi connectivity index (χ0v) is 6.30. The Bertz CT molecular complexity index is 118. The molecule has 0 aromatic heterocycles. The largest absolute Gasteiger partial charge is 0.500 e. The average Bonchev–Trinajstić information content (AvgIpc) is 1.62. The van der Waals surface area contributed by atoms with Gasteiger partial charge in [0.1, 0.15) is 0 Å². The third kappa shape index (κ3) is 5.99. The van der Waals surface area contributed by atoms with E-state index in [9.17, 15) is 9.46 Å². The van der Waals surface area contributed by atoms with Gasteiger partial charge in [0.05, 0.1) is 6.10 Å². The molecular formula is C4H10O4P. The van der Waals surface area contributed by atoms with Crippen molar-refractivity contribution in [3.8, 4) is 0 Å². The van der Waals surface area contributed by atoms with Crippen molar-refractivity contribution >= 4 is 7.82 Å². The molecule has 1 radical (unpaired) electrons. The Morgan fingerprint density at radius 2 is 2.22 bits per heavy atom. The molecule has 9 heavy (non-hydrogen) atoms. The topological polar surface area (TPSA) is 66.4 Å². The van der Waals surface area contributed by atoms with Crippen LogP contribution in [0, 0.1) is 0 Å². The van der Waals surface area contributed by atoms with E-state index < -0.39 is 13.9 Å². The third-order valence-electron chi connectivity index (χ3n) is 0.888. The molecule has 0 fully saturated rings. The monoisotopic (exact) mass is 153 g/mol. The molecule has 0 saturated heterocycles. The highest BCUT2D eigenvalue weighted by molar-refractivity contribution is 7.46. The van der Waals surface area contributed by atoms with Crippen molar-refractivity contribution in [1.29, 1.82) is 0 Å². The van der Waals surface area contributed by atoms with Crippen molar-refractivity contribution < 1.29 is 18.9 Å². The van der Waals surface area contributed by atoms with Gasteiger partial charge < -0.3 is 4.89 Å². The predicted molar refractivity (Wildman–Crippen MR) is 31.3 cm³/mol. The van der Waals surface area contributed by atoms with Gasteiger partial charge in [-0.05, 0) is 13.3 Å². The van der Waals surface area contributed by atoms with Gasteiger partial charge in [-0.3, -0.25) is 4.52 Å². The third-order valence-corrected chi connectivity index (χ3v) is 1.51. The summed E-state index contributed by atoms with van der Waals surface area (Å²) in [5, 5.41) is 0. The van der Waals surface area contributed by atoms with Gasteiger partial charge in [-0.25, -0.2) is 4.57 Å². The van der Waals surface area contributed by atoms with Crippen molar-refractivity contribution in [1.82, 2.24) is 0 Å². The van der Waals surface area contributed by atoms with E-state index >= 15 is 0 Å². The zero-order valence-electron chi connectivity index (χ0n) is 5.40. The lowest BCUT2D eigenvalue weighted by Gasteiger charge is -2.08. The van der Waals surface area contributed by atoms with Crippen molar-refractivity contribution in [2.45, 2.75) is 26.4 Å². The molecule has 0 aliphatic heterocycles. The summed E-state index contributed by atoms with van der Waals surface area (Å²) in [6, 6.07) is 0. The standard InChI is InChI=1S/C4H10O4P/c1-3-4(2)8-9(5,6)7/h4H,3H2,1-2H3,(H,5,6). The highest BCUT2D eigenvalue weighted by Crippen LogP contribution is 2.39. The van der Waals surface area contributed by atoms with Gasteiger partial charge in [0.2, 0.25) is 0 Å². The molecule has 5 heteroatoms. The summed E-state index contributed by atoms with van der Waals surface area (Å²) in [6.45, 7) is 3.33. The van der Waals surface area contributed by atoms with E-state index in [0.29, 0.717) is 6.42 Å². The molecule has 55 valence electrons. The lowest BCUT2D eigenvalue weighted by molar-refractivity contribution is 0.124. The zero-order chi connectivity index (χ0) is 7.49. The van der Waals surface area contributed by atoms with Crippen molar-refractivity contribution in [3.63, 3.8) is 0 Å². The summed E-state index contributed by atoms with van der Waals surface area (Å²) in [5.41, 5.74) is 0. The van der Waals surface area contributed by atoms with E-state index in [-0.39, 0.29) is 0 Å². The molecule has 1 N–H and O–H groups in total. The second-order valence-corrected chi connectivity index (χ2v) is 2.94. The van der Waals surface area contributed by atoms with Crippen molar-refractivity contribution in [2.24, 2.45) is 0 Å². The van der Waals surface area contributed by atoms with Crippen LogP contribution in [0.25, 0.3) is 0 Å². The summed E-state index contributed by atoms with van der Waals surface area (Å²) in [5.74, 6) is 0. The number of hydrogen-bond donors (Lipinski definition) is 1. The molecule has 0 rings (SSSR count). The van der Waals surface area contributed by atoms with Crippen LogP contribution in [0.5, 0.6) is 0 Å². The fourth-order valence-electron chi connectivity index (χ4n) is 0.302. The smallest absolute Gasteiger partial charge is 0.301 e. The van der Waals surface area contributed by atoms with Crippen LogP contribution >= 0.6 is 7.82 Å². The van der Waals surface area contributed by atoms with E-state index in [0.717, 1.165) is 0 Å². The molecule has 0 bridgehead atoms. The molecule has 0 aliphatic carbocycles. The van der Waals surface area contributed by atoms with Crippen LogP contribution in [0.3, 0.4) is 0 Å². The lowest BCUT2D eigenvalue weighted by Crippen LogP contribution is -2.02.